The van der Waals surface area contributed by atoms with Crippen molar-refractivity contribution in [3.8, 4) is 0 Å². The summed E-state index contributed by atoms with van der Waals surface area (Å²) in [5.41, 5.74) is 0.698. The van der Waals surface area contributed by atoms with Crippen molar-refractivity contribution in [3.05, 3.63) is 0 Å². The van der Waals surface area contributed by atoms with Crippen LogP contribution in [-0.4, -0.2) is 61.3 Å². The summed E-state index contributed by atoms with van der Waals surface area (Å²) >= 11 is 0. The van der Waals surface area contributed by atoms with Crippen molar-refractivity contribution in [2.45, 2.75) is 19.4 Å². The lowest BCUT2D eigenvalue weighted by Gasteiger charge is -2.56. The summed E-state index contributed by atoms with van der Waals surface area (Å²) in [6.45, 7) is 13.5. The van der Waals surface area contributed by atoms with Crippen molar-refractivity contribution in [2.75, 3.05) is 45.9 Å². The Hall–Kier alpha value is -0.120. The Bertz CT molecular complexity index is 308. The number of hydrogen-bond donors (Lipinski definition) is 0. The Labute approximate surface area is 97.7 Å². The standard InChI is InChI=1S/C13H22N2O/c1-10(2)12-7-14-3-4-15(8-12)6-11(5-14)13(12)9-16-13/h10-11H,3-9H2,1-2H3. The molecule has 1 spiro atoms. The predicted octanol–water partition coefficient (Wildman–Crippen LogP) is 0.659. The second-order valence-corrected chi connectivity index (χ2v) is 6.66. The molecule has 0 radical (unpaired) electrons. The van der Waals surface area contributed by atoms with Gasteiger partial charge in [0.05, 0.1) is 6.61 Å². The normalized spacial score (nSPS) is 58.3. The molecule has 0 saturated carbocycles. The molecule has 0 aromatic rings. The zero-order chi connectivity index (χ0) is 11.0. The third-order valence-corrected chi connectivity index (χ3v) is 5.76. The fourth-order valence-electron chi connectivity index (χ4n) is 4.71. The van der Waals surface area contributed by atoms with E-state index in [1.54, 1.807) is 0 Å². The fraction of sp³-hybridized carbons (Fsp3) is 1.00. The lowest BCUT2D eigenvalue weighted by molar-refractivity contribution is -0.104. The van der Waals surface area contributed by atoms with Gasteiger partial charge in [-0.3, -0.25) is 0 Å². The molecule has 0 N–H and O–H groups in total. The molecule has 5 rings (SSSR count). The third-order valence-electron chi connectivity index (χ3n) is 5.76. The molecular formula is C13H22N2O. The molecule has 0 aromatic heterocycles. The van der Waals surface area contributed by atoms with Crippen LogP contribution in [0.5, 0.6) is 0 Å². The van der Waals surface area contributed by atoms with Crippen molar-refractivity contribution in [1.29, 1.82) is 0 Å². The van der Waals surface area contributed by atoms with Crippen LogP contribution >= 0.6 is 0 Å². The van der Waals surface area contributed by atoms with Crippen LogP contribution in [-0.2, 0) is 4.74 Å². The van der Waals surface area contributed by atoms with Gasteiger partial charge in [-0.15, -0.1) is 0 Å². The molecule has 5 aliphatic rings. The van der Waals surface area contributed by atoms with E-state index in [0.717, 1.165) is 18.4 Å². The molecule has 3 nitrogen and oxygen atoms in total. The van der Waals surface area contributed by atoms with Gasteiger partial charge in [0.15, 0.2) is 0 Å². The average Bonchev–Trinajstić information content (AvgIpc) is 2.95. The average molecular weight is 222 g/mol. The molecule has 5 fully saturated rings. The smallest absolute Gasteiger partial charge is 0.105 e. The Kier molecular flexibility index (Phi) is 1.74. The van der Waals surface area contributed by atoms with E-state index in [0.29, 0.717) is 5.41 Å². The molecular weight excluding hydrogens is 200 g/mol. The SMILES string of the molecule is CC(C)C12CN3CCN(CC(C3)C13CO3)C2. The van der Waals surface area contributed by atoms with E-state index >= 15 is 0 Å². The van der Waals surface area contributed by atoms with E-state index in [2.05, 4.69) is 23.6 Å². The van der Waals surface area contributed by atoms with E-state index in [1.165, 1.54) is 39.3 Å². The highest BCUT2D eigenvalue weighted by Crippen LogP contribution is 2.60. The summed E-state index contributed by atoms with van der Waals surface area (Å²) in [5, 5.41) is 0. The summed E-state index contributed by atoms with van der Waals surface area (Å²) in [6.07, 6.45) is 0. The van der Waals surface area contributed by atoms with Crippen LogP contribution in [0.15, 0.2) is 0 Å². The molecule has 90 valence electrons. The lowest BCUT2D eigenvalue weighted by atomic mass is 9.58. The van der Waals surface area contributed by atoms with Gasteiger partial charge in [-0.2, -0.15) is 0 Å². The Morgan fingerprint density at radius 3 is 2.12 bits per heavy atom. The highest BCUT2D eigenvalue weighted by molar-refractivity contribution is 5.21. The topological polar surface area (TPSA) is 19.0 Å². The maximum Gasteiger partial charge on any atom is 0.105 e. The van der Waals surface area contributed by atoms with Crippen LogP contribution in [0.25, 0.3) is 0 Å². The van der Waals surface area contributed by atoms with Crippen LogP contribution in [0.3, 0.4) is 0 Å². The number of fused-ring (bicyclic) bond motifs is 1. The van der Waals surface area contributed by atoms with E-state index < -0.39 is 0 Å². The summed E-state index contributed by atoms with van der Waals surface area (Å²) in [7, 11) is 0. The first kappa shape index (κ1) is 9.86. The number of epoxide rings is 1. The largest absolute Gasteiger partial charge is 0.368 e. The highest BCUT2D eigenvalue weighted by Gasteiger charge is 2.71. The van der Waals surface area contributed by atoms with Crippen molar-refractivity contribution in [1.82, 2.24) is 9.80 Å². The van der Waals surface area contributed by atoms with Gasteiger partial charge in [-0.25, -0.2) is 0 Å². The maximum atomic E-state index is 6.04. The number of ether oxygens (including phenoxy) is 1. The molecule has 3 unspecified atom stereocenters. The van der Waals surface area contributed by atoms with E-state index in [9.17, 15) is 0 Å². The van der Waals surface area contributed by atoms with Crippen LogP contribution in [0, 0.1) is 17.3 Å². The van der Waals surface area contributed by atoms with Gasteiger partial charge >= 0.3 is 0 Å². The van der Waals surface area contributed by atoms with E-state index in [-0.39, 0.29) is 5.60 Å². The van der Waals surface area contributed by atoms with Crippen LogP contribution in [0.4, 0.5) is 0 Å². The van der Waals surface area contributed by atoms with Gasteiger partial charge in [0, 0.05) is 50.6 Å². The van der Waals surface area contributed by atoms with E-state index in [1.807, 2.05) is 0 Å². The van der Waals surface area contributed by atoms with Gasteiger partial charge in [-0.1, -0.05) is 13.8 Å². The number of nitrogens with zero attached hydrogens (tertiary/aromatic N) is 2. The molecule has 5 heterocycles. The monoisotopic (exact) mass is 222 g/mol. The molecule has 0 aliphatic carbocycles. The molecule has 3 atom stereocenters. The highest BCUT2D eigenvalue weighted by atomic mass is 16.6. The minimum Gasteiger partial charge on any atom is -0.368 e. The van der Waals surface area contributed by atoms with Crippen LogP contribution < -0.4 is 0 Å². The van der Waals surface area contributed by atoms with Crippen molar-refractivity contribution in [2.24, 2.45) is 17.3 Å². The molecule has 0 amide bonds. The van der Waals surface area contributed by atoms with Crippen molar-refractivity contribution < 1.29 is 4.74 Å². The van der Waals surface area contributed by atoms with E-state index in [4.69, 9.17) is 4.74 Å². The Morgan fingerprint density at radius 2 is 1.69 bits per heavy atom. The zero-order valence-corrected chi connectivity index (χ0v) is 10.4. The second kappa shape index (κ2) is 2.82. The minimum absolute atomic E-state index is 0.276. The minimum atomic E-state index is 0.276. The maximum absolute atomic E-state index is 6.04. The van der Waals surface area contributed by atoms with Crippen molar-refractivity contribution >= 4 is 0 Å². The molecule has 4 bridgehead atoms. The third kappa shape index (κ3) is 0.964. The van der Waals surface area contributed by atoms with Crippen LogP contribution in [0.1, 0.15) is 13.8 Å². The molecule has 5 aliphatic heterocycles. The summed E-state index contributed by atoms with van der Waals surface area (Å²) in [5.74, 6) is 1.51. The molecule has 0 aromatic carbocycles. The van der Waals surface area contributed by atoms with Crippen molar-refractivity contribution in [3.63, 3.8) is 0 Å². The van der Waals surface area contributed by atoms with Gasteiger partial charge in [0.2, 0.25) is 0 Å². The summed E-state index contributed by atoms with van der Waals surface area (Å²) in [4.78, 5) is 5.40. The molecule has 16 heavy (non-hydrogen) atoms. The van der Waals surface area contributed by atoms with Gasteiger partial charge in [0.25, 0.3) is 0 Å². The summed E-state index contributed by atoms with van der Waals surface area (Å²) in [6, 6.07) is 0. The Balaban J connectivity index is 1.83. The number of piperidine rings is 2. The van der Waals surface area contributed by atoms with Gasteiger partial charge in [-0.05, 0) is 5.92 Å². The zero-order valence-electron chi connectivity index (χ0n) is 10.4. The quantitative estimate of drug-likeness (QED) is 0.607. The lowest BCUT2D eigenvalue weighted by Crippen LogP contribution is -2.67. The number of rotatable bonds is 1. The first-order chi connectivity index (χ1) is 7.66. The van der Waals surface area contributed by atoms with Gasteiger partial charge in [0.1, 0.15) is 5.60 Å². The van der Waals surface area contributed by atoms with Gasteiger partial charge < -0.3 is 14.5 Å². The number of hydrogen-bond acceptors (Lipinski definition) is 3. The predicted molar refractivity (Wildman–Crippen MR) is 62.3 cm³/mol. The molecule has 5 saturated heterocycles. The fourth-order valence-corrected chi connectivity index (χ4v) is 4.71. The second-order valence-electron chi connectivity index (χ2n) is 6.66. The summed E-state index contributed by atoms with van der Waals surface area (Å²) < 4.78 is 6.04. The first-order valence-corrected chi connectivity index (χ1v) is 6.75. The Morgan fingerprint density at radius 1 is 1.12 bits per heavy atom. The van der Waals surface area contributed by atoms with Crippen LogP contribution in [0.2, 0.25) is 0 Å². The first-order valence-electron chi connectivity index (χ1n) is 6.75. The molecule has 3 heteroatoms.